The van der Waals surface area contributed by atoms with Gasteiger partial charge in [0.1, 0.15) is 22.8 Å². The second kappa shape index (κ2) is 8.91. The van der Waals surface area contributed by atoms with Crippen molar-refractivity contribution in [2.24, 2.45) is 5.41 Å². The van der Waals surface area contributed by atoms with Crippen LogP contribution in [0.1, 0.15) is 45.6 Å². The number of aliphatic hydroxyl groups is 1. The Bertz CT molecular complexity index is 836. The third-order valence-electron chi connectivity index (χ3n) is 5.45. The van der Waals surface area contributed by atoms with Gasteiger partial charge < -0.3 is 14.6 Å². The monoisotopic (exact) mass is 384 g/mol. The van der Waals surface area contributed by atoms with Crippen LogP contribution in [0, 0.1) is 5.41 Å². The molecular weight excluding hydrogens is 356 g/mol. The molecule has 150 valence electrons. The Labute approximate surface area is 166 Å². The Morgan fingerprint density at radius 3 is 2.14 bits per heavy atom. The van der Waals surface area contributed by atoms with Gasteiger partial charge in [-0.1, -0.05) is 39.0 Å². The van der Waals surface area contributed by atoms with Crippen LogP contribution in [-0.2, 0) is 14.3 Å². The second-order valence-corrected chi connectivity index (χ2v) is 6.68. The minimum absolute atomic E-state index is 0.161. The van der Waals surface area contributed by atoms with Crippen molar-refractivity contribution in [1.82, 2.24) is 0 Å². The number of Topliss-reactive ketones (excluding diaryl/α,β-unsaturated/α-hetero) is 1. The lowest BCUT2D eigenvalue weighted by atomic mass is 9.68. The van der Waals surface area contributed by atoms with Crippen molar-refractivity contribution in [3.63, 3.8) is 0 Å². The lowest BCUT2D eigenvalue weighted by molar-refractivity contribution is -0.128. The molecule has 0 saturated carbocycles. The highest BCUT2D eigenvalue weighted by Gasteiger charge is 2.49. The van der Waals surface area contributed by atoms with Crippen molar-refractivity contribution in [1.29, 1.82) is 0 Å². The summed E-state index contributed by atoms with van der Waals surface area (Å²) in [5, 5.41) is 10.7. The number of methoxy groups -OCH3 is 2. The molecule has 0 heterocycles. The zero-order valence-corrected chi connectivity index (χ0v) is 17.2. The number of hydrogen-bond acceptors (Lipinski definition) is 5. The molecule has 1 aliphatic rings. The third-order valence-corrected chi connectivity index (χ3v) is 5.45. The van der Waals surface area contributed by atoms with Crippen LogP contribution >= 0.6 is 0 Å². The largest absolute Gasteiger partial charge is 0.507 e. The number of carbonyl (C=O) groups excluding carboxylic acids is 2. The first-order chi connectivity index (χ1) is 13.4. The highest BCUT2D eigenvalue weighted by atomic mass is 16.5. The van der Waals surface area contributed by atoms with Crippen molar-refractivity contribution in [2.45, 2.75) is 40.0 Å². The summed E-state index contributed by atoms with van der Waals surface area (Å²) in [6.45, 7) is 5.66. The highest BCUT2D eigenvalue weighted by Crippen LogP contribution is 2.46. The van der Waals surface area contributed by atoms with E-state index in [0.717, 1.165) is 5.56 Å². The van der Waals surface area contributed by atoms with Crippen molar-refractivity contribution < 1.29 is 24.2 Å². The molecule has 0 aromatic heterocycles. The molecule has 2 rings (SSSR count). The summed E-state index contributed by atoms with van der Waals surface area (Å²) in [5.74, 6) is 0.0235. The number of ketones is 2. The molecule has 5 heteroatoms. The van der Waals surface area contributed by atoms with E-state index in [9.17, 15) is 14.7 Å². The lowest BCUT2D eigenvalue weighted by Gasteiger charge is -2.37. The summed E-state index contributed by atoms with van der Waals surface area (Å²) in [5.41, 5.74) is 0.224. The SMILES string of the molecule is CCC1=C(OC)C(CC)(CC)C(=O)C(C(=O)/C=C/c2ccc(OC)cc2)=C1O. The van der Waals surface area contributed by atoms with E-state index in [1.165, 1.54) is 13.2 Å². The standard InChI is InChI=1S/C23H28O5/c1-6-17-20(25)19(21(26)23(7-2,8-3)22(17)28-5)18(24)14-11-15-9-12-16(27-4)13-10-15/h9-14,25H,6-8H2,1-5H3/b14-11+. The minimum Gasteiger partial charge on any atom is -0.507 e. The van der Waals surface area contributed by atoms with Crippen molar-refractivity contribution >= 4 is 17.6 Å². The zero-order valence-electron chi connectivity index (χ0n) is 17.2. The van der Waals surface area contributed by atoms with E-state index in [1.807, 2.05) is 32.9 Å². The molecule has 0 saturated heterocycles. The van der Waals surface area contributed by atoms with E-state index in [4.69, 9.17) is 9.47 Å². The number of carbonyl (C=O) groups is 2. The molecule has 0 fully saturated rings. The topological polar surface area (TPSA) is 72.8 Å². The van der Waals surface area contributed by atoms with Gasteiger partial charge in [0, 0.05) is 5.57 Å². The van der Waals surface area contributed by atoms with Crippen LogP contribution in [-0.4, -0.2) is 30.9 Å². The van der Waals surface area contributed by atoms with Gasteiger partial charge in [-0.2, -0.15) is 0 Å². The van der Waals surface area contributed by atoms with E-state index in [2.05, 4.69) is 0 Å². The fourth-order valence-electron chi connectivity index (χ4n) is 3.73. The summed E-state index contributed by atoms with van der Waals surface area (Å²) in [4.78, 5) is 26.2. The zero-order chi connectivity index (χ0) is 20.9. The van der Waals surface area contributed by atoms with Crippen LogP contribution in [0.2, 0.25) is 0 Å². The van der Waals surface area contributed by atoms with Gasteiger partial charge in [0.05, 0.1) is 19.6 Å². The van der Waals surface area contributed by atoms with Crippen LogP contribution in [0.15, 0.2) is 53.0 Å². The van der Waals surface area contributed by atoms with Gasteiger partial charge in [0.2, 0.25) is 0 Å². The number of hydrogen-bond donors (Lipinski definition) is 1. The summed E-state index contributed by atoms with van der Waals surface area (Å²) in [6, 6.07) is 7.19. The number of allylic oxidation sites excluding steroid dienone is 4. The van der Waals surface area contributed by atoms with Gasteiger partial charge in [-0.3, -0.25) is 9.59 Å². The molecule has 0 aliphatic heterocycles. The maximum atomic E-state index is 13.3. The average Bonchev–Trinajstić information content (AvgIpc) is 2.72. The normalized spacial score (nSPS) is 16.7. The molecular formula is C23H28O5. The van der Waals surface area contributed by atoms with Gasteiger partial charge in [-0.25, -0.2) is 0 Å². The number of ether oxygens (including phenoxy) is 2. The fourth-order valence-corrected chi connectivity index (χ4v) is 3.73. The van der Waals surface area contributed by atoms with E-state index >= 15 is 0 Å². The van der Waals surface area contributed by atoms with Crippen LogP contribution in [0.25, 0.3) is 6.08 Å². The summed E-state index contributed by atoms with van der Waals surface area (Å²) >= 11 is 0. The van der Waals surface area contributed by atoms with E-state index < -0.39 is 11.2 Å². The fraction of sp³-hybridized carbons (Fsp3) is 0.391. The van der Waals surface area contributed by atoms with Gasteiger partial charge in [0.15, 0.2) is 11.6 Å². The number of rotatable bonds is 8. The highest BCUT2D eigenvalue weighted by molar-refractivity contribution is 6.28. The molecule has 1 N–H and O–H groups in total. The predicted molar refractivity (Wildman–Crippen MR) is 109 cm³/mol. The maximum Gasteiger partial charge on any atom is 0.193 e. The van der Waals surface area contributed by atoms with Gasteiger partial charge in [0.25, 0.3) is 0 Å². The molecule has 0 unspecified atom stereocenters. The molecule has 0 atom stereocenters. The number of aliphatic hydroxyl groups excluding tert-OH is 1. The van der Waals surface area contributed by atoms with Crippen molar-refractivity contribution in [2.75, 3.05) is 14.2 Å². The molecule has 28 heavy (non-hydrogen) atoms. The Morgan fingerprint density at radius 2 is 1.68 bits per heavy atom. The van der Waals surface area contributed by atoms with Crippen molar-refractivity contribution in [3.05, 3.63) is 58.6 Å². The van der Waals surface area contributed by atoms with Crippen LogP contribution in [0.4, 0.5) is 0 Å². The van der Waals surface area contributed by atoms with E-state index in [0.29, 0.717) is 36.3 Å². The van der Waals surface area contributed by atoms with E-state index in [-0.39, 0.29) is 17.1 Å². The number of benzene rings is 1. The smallest absolute Gasteiger partial charge is 0.193 e. The summed E-state index contributed by atoms with van der Waals surface area (Å²) in [6.07, 6.45) is 4.38. The summed E-state index contributed by atoms with van der Waals surface area (Å²) < 4.78 is 10.7. The Kier molecular flexibility index (Phi) is 6.84. The molecule has 1 aromatic carbocycles. The van der Waals surface area contributed by atoms with Crippen LogP contribution in [0.5, 0.6) is 5.75 Å². The van der Waals surface area contributed by atoms with Gasteiger partial charge in [-0.15, -0.1) is 0 Å². The molecule has 1 aliphatic carbocycles. The Balaban J connectivity index is 2.48. The first kappa shape index (κ1) is 21.5. The Hall–Kier alpha value is -2.82. The first-order valence-corrected chi connectivity index (χ1v) is 9.52. The molecule has 0 spiro atoms. The van der Waals surface area contributed by atoms with Gasteiger partial charge in [-0.05, 0) is 43.0 Å². The van der Waals surface area contributed by atoms with Crippen molar-refractivity contribution in [3.8, 4) is 5.75 Å². The maximum absolute atomic E-state index is 13.3. The van der Waals surface area contributed by atoms with E-state index in [1.54, 1.807) is 25.3 Å². The second-order valence-electron chi connectivity index (χ2n) is 6.68. The molecule has 5 nitrogen and oxygen atoms in total. The van der Waals surface area contributed by atoms with Crippen LogP contribution in [0.3, 0.4) is 0 Å². The predicted octanol–water partition coefficient (Wildman–Crippen LogP) is 4.79. The molecule has 1 aromatic rings. The molecule has 0 amide bonds. The lowest BCUT2D eigenvalue weighted by Crippen LogP contribution is -2.40. The Morgan fingerprint density at radius 1 is 1.07 bits per heavy atom. The van der Waals surface area contributed by atoms with Gasteiger partial charge >= 0.3 is 0 Å². The molecule has 0 radical (unpaired) electrons. The summed E-state index contributed by atoms with van der Waals surface area (Å²) in [7, 11) is 3.08. The minimum atomic E-state index is -0.925. The van der Waals surface area contributed by atoms with Crippen LogP contribution < -0.4 is 4.74 Å². The quantitative estimate of drug-likeness (QED) is 0.515. The molecule has 0 bridgehead atoms. The first-order valence-electron chi connectivity index (χ1n) is 9.52. The third kappa shape index (κ3) is 3.61. The average molecular weight is 384 g/mol.